The van der Waals surface area contributed by atoms with Gasteiger partial charge in [0, 0.05) is 5.71 Å². The molecule has 1 atom stereocenters. The minimum Gasteiger partial charge on any atom is -0.457 e. The smallest absolute Gasteiger partial charge is 0.310 e. The summed E-state index contributed by atoms with van der Waals surface area (Å²) in [4.78, 5) is 23.1. The molecule has 0 bridgehead atoms. The van der Waals surface area contributed by atoms with Crippen LogP contribution in [-0.4, -0.2) is 24.1 Å². The van der Waals surface area contributed by atoms with Gasteiger partial charge >= 0.3 is 5.97 Å². The van der Waals surface area contributed by atoms with Gasteiger partial charge in [-0.1, -0.05) is 29.8 Å². The van der Waals surface area contributed by atoms with Crippen molar-refractivity contribution in [2.75, 3.05) is 6.61 Å². The van der Waals surface area contributed by atoms with Crippen LogP contribution in [0.1, 0.15) is 18.1 Å². The maximum absolute atomic E-state index is 11.6. The number of aryl methyl sites for hydroxylation is 1. The fourth-order valence-corrected chi connectivity index (χ4v) is 1.57. The maximum atomic E-state index is 11.6. The first-order chi connectivity index (χ1) is 9.43. The summed E-state index contributed by atoms with van der Waals surface area (Å²) < 4.78 is 4.83. The zero-order valence-electron chi connectivity index (χ0n) is 11.5. The van der Waals surface area contributed by atoms with E-state index in [9.17, 15) is 9.59 Å². The van der Waals surface area contributed by atoms with Crippen molar-refractivity contribution in [2.45, 2.75) is 20.3 Å². The van der Waals surface area contributed by atoms with Crippen LogP contribution >= 0.6 is 0 Å². The van der Waals surface area contributed by atoms with Crippen LogP contribution in [0.4, 0.5) is 0 Å². The predicted octanol–water partition coefficient (Wildman–Crippen LogP) is 1.83. The van der Waals surface area contributed by atoms with Crippen LogP contribution in [0.5, 0.6) is 0 Å². The number of carbonyl (C=O) groups is 2. The topological polar surface area (TPSA) is 91.0 Å². The second-order valence-electron chi connectivity index (χ2n) is 4.53. The Morgan fingerprint density at radius 2 is 1.95 bits per heavy atom. The number of hydrogen-bond donors (Lipinski definition) is 1. The molecule has 1 aromatic rings. The van der Waals surface area contributed by atoms with E-state index < -0.39 is 24.3 Å². The van der Waals surface area contributed by atoms with Gasteiger partial charge in [-0.15, -0.1) is 0 Å². The lowest BCUT2D eigenvalue weighted by Gasteiger charge is -2.07. The fraction of sp³-hybridized carbons (Fsp3) is 0.333. The van der Waals surface area contributed by atoms with Gasteiger partial charge < -0.3 is 10.1 Å². The highest BCUT2D eigenvalue weighted by Gasteiger charge is 2.21. The highest BCUT2D eigenvalue weighted by Crippen LogP contribution is 2.05. The van der Waals surface area contributed by atoms with Gasteiger partial charge in [0.25, 0.3) is 0 Å². The number of benzene rings is 1. The summed E-state index contributed by atoms with van der Waals surface area (Å²) in [6.07, 6.45) is 0.0777. The lowest BCUT2D eigenvalue weighted by atomic mass is 10.0. The van der Waals surface area contributed by atoms with Gasteiger partial charge in [0.1, 0.15) is 5.92 Å². The van der Waals surface area contributed by atoms with Crippen molar-refractivity contribution < 1.29 is 14.3 Å². The highest BCUT2D eigenvalue weighted by molar-refractivity contribution is 6.06. The zero-order valence-corrected chi connectivity index (χ0v) is 11.5. The molecule has 0 unspecified atom stereocenters. The van der Waals surface area contributed by atoms with Crippen molar-refractivity contribution in [2.24, 2.45) is 5.92 Å². The molecule has 1 N–H and O–H groups in total. The second kappa shape index (κ2) is 7.19. The molecule has 0 saturated heterocycles. The van der Waals surface area contributed by atoms with Crippen molar-refractivity contribution in [3.63, 3.8) is 0 Å². The monoisotopic (exact) mass is 272 g/mol. The van der Waals surface area contributed by atoms with Crippen LogP contribution in [0.25, 0.3) is 0 Å². The Morgan fingerprint density at radius 3 is 2.45 bits per heavy atom. The predicted molar refractivity (Wildman–Crippen MR) is 73.4 cm³/mol. The van der Waals surface area contributed by atoms with Gasteiger partial charge in [0.05, 0.1) is 12.5 Å². The third-order valence-corrected chi connectivity index (χ3v) is 2.73. The number of Topliss-reactive ketones (excluding diaryl/α,β-unsaturated/α-hetero) is 1. The van der Waals surface area contributed by atoms with E-state index in [-0.39, 0.29) is 12.1 Å². The minimum absolute atomic E-state index is 0.0490. The standard InChI is InChI=1S/C15H16N2O3/c1-10-3-5-12(6-4-10)7-15(19)20-9-14(18)13(8-16)11(2)17/h3-6,13,17H,7,9H2,1-2H3/t13-/m1/s1. The lowest BCUT2D eigenvalue weighted by molar-refractivity contribution is -0.147. The normalized spacial score (nSPS) is 11.2. The number of hydrogen-bond acceptors (Lipinski definition) is 5. The molecule has 20 heavy (non-hydrogen) atoms. The van der Waals surface area contributed by atoms with E-state index in [1.807, 2.05) is 31.2 Å². The highest BCUT2D eigenvalue weighted by atomic mass is 16.5. The molecule has 0 aliphatic rings. The number of nitrogens with one attached hydrogen (secondary N) is 1. The molecule has 1 rings (SSSR count). The summed E-state index contributed by atoms with van der Waals surface area (Å²) >= 11 is 0. The lowest BCUT2D eigenvalue weighted by Crippen LogP contribution is -2.26. The molecule has 104 valence electrons. The van der Waals surface area contributed by atoms with E-state index in [1.165, 1.54) is 6.92 Å². The van der Waals surface area contributed by atoms with E-state index >= 15 is 0 Å². The molecular formula is C15H16N2O3. The summed E-state index contributed by atoms with van der Waals surface area (Å²) in [5.41, 5.74) is 1.84. The fourth-order valence-electron chi connectivity index (χ4n) is 1.57. The molecule has 0 fully saturated rings. The minimum atomic E-state index is -1.14. The van der Waals surface area contributed by atoms with Crippen molar-refractivity contribution in [3.8, 4) is 6.07 Å². The van der Waals surface area contributed by atoms with Gasteiger partial charge in [0.15, 0.2) is 12.4 Å². The maximum Gasteiger partial charge on any atom is 0.310 e. The van der Waals surface area contributed by atoms with Crippen LogP contribution in [0.2, 0.25) is 0 Å². The third kappa shape index (κ3) is 4.65. The quantitative estimate of drug-likeness (QED) is 0.631. The van der Waals surface area contributed by atoms with Crippen LogP contribution in [-0.2, 0) is 20.7 Å². The van der Waals surface area contributed by atoms with Crippen LogP contribution in [0.15, 0.2) is 24.3 Å². The van der Waals surface area contributed by atoms with Crippen molar-refractivity contribution in [1.82, 2.24) is 0 Å². The Balaban J connectivity index is 2.48. The van der Waals surface area contributed by atoms with Crippen LogP contribution < -0.4 is 0 Å². The number of carbonyl (C=O) groups excluding carboxylic acids is 2. The van der Waals surface area contributed by atoms with Gasteiger partial charge in [-0.25, -0.2) is 0 Å². The van der Waals surface area contributed by atoms with E-state index in [0.29, 0.717) is 0 Å². The van der Waals surface area contributed by atoms with Gasteiger partial charge in [-0.3, -0.25) is 9.59 Å². The first-order valence-corrected chi connectivity index (χ1v) is 6.12. The molecule has 5 heteroatoms. The molecule has 0 spiro atoms. The van der Waals surface area contributed by atoms with E-state index in [0.717, 1.165) is 11.1 Å². The average molecular weight is 272 g/mol. The van der Waals surface area contributed by atoms with Gasteiger partial charge in [0.2, 0.25) is 0 Å². The van der Waals surface area contributed by atoms with Crippen LogP contribution in [0, 0.1) is 29.6 Å². The molecule has 5 nitrogen and oxygen atoms in total. The number of ketones is 1. The summed E-state index contributed by atoms with van der Waals surface area (Å²) in [6, 6.07) is 9.12. The zero-order chi connectivity index (χ0) is 15.1. The van der Waals surface area contributed by atoms with Crippen molar-refractivity contribution in [1.29, 1.82) is 10.7 Å². The molecule has 0 radical (unpaired) electrons. The third-order valence-electron chi connectivity index (χ3n) is 2.73. The molecule has 0 aromatic heterocycles. The number of esters is 1. The molecule has 0 saturated carbocycles. The largest absolute Gasteiger partial charge is 0.457 e. The number of rotatable bonds is 6. The average Bonchev–Trinajstić information content (AvgIpc) is 2.39. The number of nitriles is 1. The molecule has 0 aliphatic heterocycles. The first kappa shape index (κ1) is 15.6. The Kier molecular flexibility index (Phi) is 5.60. The Hall–Kier alpha value is -2.48. The molecular weight excluding hydrogens is 256 g/mol. The molecule has 0 amide bonds. The van der Waals surface area contributed by atoms with E-state index in [2.05, 4.69) is 0 Å². The van der Waals surface area contributed by atoms with Gasteiger partial charge in [-0.05, 0) is 19.4 Å². The summed E-state index contributed by atoms with van der Waals surface area (Å²) in [5.74, 6) is -2.24. The Labute approximate surface area is 117 Å². The van der Waals surface area contributed by atoms with Crippen LogP contribution in [0.3, 0.4) is 0 Å². The van der Waals surface area contributed by atoms with E-state index in [1.54, 1.807) is 6.07 Å². The van der Waals surface area contributed by atoms with E-state index in [4.69, 9.17) is 15.4 Å². The number of nitrogens with zero attached hydrogens (tertiary/aromatic N) is 1. The van der Waals surface area contributed by atoms with Gasteiger partial charge in [-0.2, -0.15) is 5.26 Å². The first-order valence-electron chi connectivity index (χ1n) is 6.12. The molecule has 0 aliphatic carbocycles. The Morgan fingerprint density at radius 1 is 1.35 bits per heavy atom. The molecule has 0 heterocycles. The van der Waals surface area contributed by atoms with Crippen molar-refractivity contribution in [3.05, 3.63) is 35.4 Å². The molecule has 1 aromatic carbocycles. The summed E-state index contributed by atoms with van der Waals surface area (Å²) in [6.45, 7) is 2.85. The Bertz CT molecular complexity index is 555. The SMILES string of the molecule is CC(=N)[C@@H](C#N)C(=O)COC(=O)Cc1ccc(C)cc1. The number of ether oxygens (including phenoxy) is 1. The second-order valence-corrected chi connectivity index (χ2v) is 4.53. The summed E-state index contributed by atoms with van der Waals surface area (Å²) in [7, 11) is 0. The summed E-state index contributed by atoms with van der Waals surface area (Å²) in [5, 5.41) is 16.0. The van der Waals surface area contributed by atoms with Crippen molar-refractivity contribution >= 4 is 17.5 Å².